The molecule has 0 spiro atoms. The van der Waals surface area contributed by atoms with E-state index < -0.39 is 4.92 Å². The zero-order valence-corrected chi connectivity index (χ0v) is 10.8. The van der Waals surface area contributed by atoms with Gasteiger partial charge in [0.05, 0.1) is 15.5 Å². The first-order valence-corrected chi connectivity index (χ1v) is 6.17. The highest BCUT2D eigenvalue weighted by Crippen LogP contribution is 2.41. The van der Waals surface area contributed by atoms with Gasteiger partial charge in [0.15, 0.2) is 0 Å². The van der Waals surface area contributed by atoms with E-state index in [-0.39, 0.29) is 5.69 Å². The van der Waals surface area contributed by atoms with Crippen molar-refractivity contribution in [1.82, 2.24) is 0 Å². The minimum absolute atomic E-state index is 0.0456. The largest absolute Gasteiger partial charge is 0.455 e. The van der Waals surface area contributed by atoms with Crippen LogP contribution in [-0.4, -0.2) is 4.92 Å². The number of hydrogen-bond acceptors (Lipinski definition) is 3. The number of benzene rings is 2. The van der Waals surface area contributed by atoms with Gasteiger partial charge in [-0.15, -0.1) is 0 Å². The molecular formula is C13H8BrNO3. The Morgan fingerprint density at radius 1 is 1.22 bits per heavy atom. The summed E-state index contributed by atoms with van der Waals surface area (Å²) in [5.74, 6) is 1.30. The predicted molar refractivity (Wildman–Crippen MR) is 70.1 cm³/mol. The van der Waals surface area contributed by atoms with Crippen LogP contribution in [0.15, 0.2) is 40.9 Å². The van der Waals surface area contributed by atoms with Crippen LogP contribution in [0.1, 0.15) is 11.1 Å². The monoisotopic (exact) mass is 305 g/mol. The third-order valence-corrected chi connectivity index (χ3v) is 3.53. The number of halogens is 1. The summed E-state index contributed by atoms with van der Waals surface area (Å²) >= 11 is 3.42. The molecule has 3 rings (SSSR count). The maximum absolute atomic E-state index is 10.7. The molecule has 0 unspecified atom stereocenters. The number of para-hydroxylation sites is 1. The van der Waals surface area contributed by atoms with Crippen LogP contribution in [0.4, 0.5) is 5.69 Å². The van der Waals surface area contributed by atoms with Gasteiger partial charge >= 0.3 is 0 Å². The number of hydrogen-bond donors (Lipinski definition) is 0. The van der Waals surface area contributed by atoms with Crippen LogP contribution in [0.5, 0.6) is 11.5 Å². The van der Waals surface area contributed by atoms with Crippen molar-refractivity contribution in [2.24, 2.45) is 0 Å². The topological polar surface area (TPSA) is 52.4 Å². The molecular weight excluding hydrogens is 298 g/mol. The molecule has 0 bridgehead atoms. The summed E-state index contributed by atoms with van der Waals surface area (Å²) in [5, 5.41) is 10.7. The van der Waals surface area contributed by atoms with Crippen LogP contribution in [0, 0.1) is 10.1 Å². The van der Waals surface area contributed by atoms with Gasteiger partial charge in [0.2, 0.25) is 0 Å². The number of nitrogens with zero attached hydrogens (tertiary/aromatic N) is 1. The molecule has 1 aliphatic heterocycles. The van der Waals surface area contributed by atoms with Crippen molar-refractivity contribution >= 4 is 21.6 Å². The van der Waals surface area contributed by atoms with E-state index in [1.54, 1.807) is 6.07 Å². The van der Waals surface area contributed by atoms with Gasteiger partial charge in [-0.25, -0.2) is 0 Å². The van der Waals surface area contributed by atoms with Gasteiger partial charge in [-0.3, -0.25) is 10.1 Å². The molecule has 0 fully saturated rings. The van der Waals surface area contributed by atoms with Crippen LogP contribution in [-0.2, 0) is 6.42 Å². The van der Waals surface area contributed by atoms with E-state index in [0.29, 0.717) is 5.75 Å². The SMILES string of the molecule is O=[N+]([O-])c1ccc2c(c1)Oc1c(Br)cccc1C2. The normalized spacial score (nSPS) is 12.3. The number of rotatable bonds is 1. The van der Waals surface area contributed by atoms with Crippen LogP contribution < -0.4 is 4.74 Å². The number of ether oxygens (including phenoxy) is 1. The van der Waals surface area contributed by atoms with E-state index in [9.17, 15) is 10.1 Å². The minimum Gasteiger partial charge on any atom is -0.455 e. The van der Waals surface area contributed by atoms with Crippen molar-refractivity contribution < 1.29 is 9.66 Å². The summed E-state index contributed by atoms with van der Waals surface area (Å²) in [6.07, 6.45) is 0.724. The first-order chi connectivity index (χ1) is 8.65. The van der Waals surface area contributed by atoms with E-state index in [1.807, 2.05) is 18.2 Å². The summed E-state index contributed by atoms with van der Waals surface area (Å²) in [6.45, 7) is 0. The van der Waals surface area contributed by atoms with E-state index >= 15 is 0 Å². The average Bonchev–Trinajstić information content (AvgIpc) is 2.36. The predicted octanol–water partition coefficient (Wildman–Crippen LogP) is 4.05. The van der Waals surface area contributed by atoms with Gasteiger partial charge in [-0.05, 0) is 33.6 Å². The Kier molecular flexibility index (Phi) is 2.56. The minimum atomic E-state index is -0.417. The number of fused-ring (bicyclic) bond motifs is 2. The van der Waals surface area contributed by atoms with Crippen LogP contribution in [0.3, 0.4) is 0 Å². The third-order valence-electron chi connectivity index (χ3n) is 2.90. The summed E-state index contributed by atoms with van der Waals surface area (Å²) < 4.78 is 6.61. The van der Waals surface area contributed by atoms with Crippen molar-refractivity contribution in [3.8, 4) is 11.5 Å². The molecule has 0 saturated heterocycles. The molecule has 0 N–H and O–H groups in total. The summed E-state index contributed by atoms with van der Waals surface area (Å²) in [5.41, 5.74) is 2.08. The molecule has 0 aliphatic carbocycles. The molecule has 0 atom stereocenters. The van der Waals surface area contributed by atoms with E-state index in [4.69, 9.17) is 4.74 Å². The lowest BCUT2D eigenvalue weighted by Crippen LogP contribution is -2.04. The lowest BCUT2D eigenvalue weighted by Gasteiger charge is -2.20. The summed E-state index contributed by atoms with van der Waals surface area (Å²) in [6, 6.07) is 10.6. The van der Waals surface area contributed by atoms with Gasteiger partial charge in [-0.2, -0.15) is 0 Å². The van der Waals surface area contributed by atoms with Crippen molar-refractivity contribution in [1.29, 1.82) is 0 Å². The second-order valence-electron chi connectivity index (χ2n) is 4.06. The second kappa shape index (κ2) is 4.10. The first-order valence-electron chi connectivity index (χ1n) is 5.38. The lowest BCUT2D eigenvalue weighted by atomic mass is 10.0. The molecule has 1 heterocycles. The Balaban J connectivity index is 2.09. The van der Waals surface area contributed by atoms with Crippen molar-refractivity contribution in [2.75, 3.05) is 0 Å². The molecule has 0 amide bonds. The highest BCUT2D eigenvalue weighted by atomic mass is 79.9. The molecule has 4 nitrogen and oxygen atoms in total. The lowest BCUT2D eigenvalue weighted by molar-refractivity contribution is -0.384. The summed E-state index contributed by atoms with van der Waals surface area (Å²) in [7, 11) is 0. The van der Waals surface area contributed by atoms with Crippen molar-refractivity contribution in [3.05, 3.63) is 62.1 Å². The zero-order valence-electron chi connectivity index (χ0n) is 9.22. The average molecular weight is 306 g/mol. The fraction of sp³-hybridized carbons (Fsp3) is 0.0769. The van der Waals surface area contributed by atoms with Crippen molar-refractivity contribution in [3.63, 3.8) is 0 Å². The molecule has 90 valence electrons. The maximum Gasteiger partial charge on any atom is 0.273 e. The van der Waals surface area contributed by atoms with Gasteiger partial charge < -0.3 is 4.74 Å². The van der Waals surface area contributed by atoms with Crippen molar-refractivity contribution in [2.45, 2.75) is 6.42 Å². The van der Waals surface area contributed by atoms with E-state index in [0.717, 1.165) is 27.8 Å². The summed E-state index contributed by atoms with van der Waals surface area (Å²) in [4.78, 5) is 10.3. The number of nitro groups is 1. The smallest absolute Gasteiger partial charge is 0.273 e. The Morgan fingerprint density at radius 3 is 2.83 bits per heavy atom. The molecule has 2 aromatic carbocycles. The Bertz CT molecular complexity index is 655. The Morgan fingerprint density at radius 2 is 2.06 bits per heavy atom. The molecule has 2 aromatic rings. The van der Waals surface area contributed by atoms with Gasteiger partial charge in [0.25, 0.3) is 5.69 Å². The molecule has 0 aromatic heterocycles. The quantitative estimate of drug-likeness (QED) is 0.503. The number of nitro benzene ring substituents is 1. The highest BCUT2D eigenvalue weighted by molar-refractivity contribution is 9.10. The second-order valence-corrected chi connectivity index (χ2v) is 4.91. The van der Waals surface area contributed by atoms with Crippen LogP contribution >= 0.6 is 15.9 Å². The van der Waals surface area contributed by atoms with Gasteiger partial charge in [0, 0.05) is 18.1 Å². The first kappa shape index (κ1) is 11.2. The van der Waals surface area contributed by atoms with Gasteiger partial charge in [-0.1, -0.05) is 12.1 Å². The van der Waals surface area contributed by atoms with Crippen LogP contribution in [0.25, 0.3) is 0 Å². The molecule has 0 radical (unpaired) electrons. The molecule has 5 heteroatoms. The van der Waals surface area contributed by atoms with Crippen LogP contribution in [0.2, 0.25) is 0 Å². The van der Waals surface area contributed by atoms with Gasteiger partial charge in [0.1, 0.15) is 11.5 Å². The fourth-order valence-corrected chi connectivity index (χ4v) is 2.51. The maximum atomic E-state index is 10.7. The fourth-order valence-electron chi connectivity index (χ4n) is 2.02. The molecule has 0 saturated carbocycles. The third kappa shape index (κ3) is 1.76. The Hall–Kier alpha value is -1.88. The molecule has 1 aliphatic rings. The van der Waals surface area contributed by atoms with E-state index in [1.165, 1.54) is 12.1 Å². The standard InChI is InChI=1S/C13H8BrNO3/c14-11-3-1-2-9-6-8-4-5-10(15(16)17)7-12(8)18-13(9)11/h1-5,7H,6H2. The molecule has 18 heavy (non-hydrogen) atoms. The number of non-ortho nitro benzene ring substituents is 1. The Labute approximate surface area is 111 Å². The van der Waals surface area contributed by atoms with E-state index in [2.05, 4.69) is 15.9 Å². The zero-order chi connectivity index (χ0) is 12.7. The highest BCUT2D eigenvalue weighted by Gasteiger charge is 2.21.